The van der Waals surface area contributed by atoms with Crippen molar-refractivity contribution < 1.29 is 9.53 Å². The second-order valence-electron chi connectivity index (χ2n) is 5.64. The van der Waals surface area contributed by atoms with E-state index < -0.39 is 0 Å². The smallest absolute Gasteiger partial charge is 0.326 e. The van der Waals surface area contributed by atoms with Gasteiger partial charge in [0.25, 0.3) is 0 Å². The van der Waals surface area contributed by atoms with Crippen LogP contribution >= 0.6 is 11.6 Å². The summed E-state index contributed by atoms with van der Waals surface area (Å²) in [7, 11) is 0. The zero-order valence-electron chi connectivity index (χ0n) is 13.2. The molecule has 2 amide bonds. The van der Waals surface area contributed by atoms with Crippen LogP contribution in [0.15, 0.2) is 42.5 Å². The van der Waals surface area contributed by atoms with Crippen LogP contribution in [0, 0.1) is 6.92 Å². The summed E-state index contributed by atoms with van der Waals surface area (Å²) in [6.45, 7) is 4.56. The molecule has 1 aliphatic rings. The van der Waals surface area contributed by atoms with Gasteiger partial charge in [0.15, 0.2) is 0 Å². The van der Waals surface area contributed by atoms with Crippen molar-refractivity contribution in [2.24, 2.45) is 0 Å². The van der Waals surface area contributed by atoms with Crippen molar-refractivity contribution in [2.45, 2.75) is 26.4 Å². The van der Waals surface area contributed by atoms with Gasteiger partial charge in [0.05, 0.1) is 22.9 Å². The number of hydrogen-bond acceptors (Lipinski definition) is 2. The van der Waals surface area contributed by atoms with Gasteiger partial charge in [0.2, 0.25) is 0 Å². The van der Waals surface area contributed by atoms with Gasteiger partial charge in [0, 0.05) is 0 Å². The molecular formula is C18H19ClN2O2. The van der Waals surface area contributed by atoms with Gasteiger partial charge in [-0.05, 0) is 43.2 Å². The van der Waals surface area contributed by atoms with E-state index >= 15 is 0 Å². The number of hydrogen-bond donors (Lipinski definition) is 1. The maximum atomic E-state index is 12.8. The van der Waals surface area contributed by atoms with E-state index in [9.17, 15) is 4.79 Å². The van der Waals surface area contributed by atoms with Crippen LogP contribution in [-0.4, -0.2) is 18.7 Å². The number of carbonyl (C=O) groups is 1. The van der Waals surface area contributed by atoms with Gasteiger partial charge in [0.1, 0.15) is 11.9 Å². The molecule has 120 valence electrons. The number of halogens is 1. The van der Waals surface area contributed by atoms with Crippen molar-refractivity contribution in [3.05, 3.63) is 53.1 Å². The third-order valence-corrected chi connectivity index (χ3v) is 4.23. The van der Waals surface area contributed by atoms with Gasteiger partial charge >= 0.3 is 6.03 Å². The first-order valence-electron chi connectivity index (χ1n) is 7.69. The highest BCUT2D eigenvalue weighted by molar-refractivity contribution is 6.33. The summed E-state index contributed by atoms with van der Waals surface area (Å²) in [5, 5.41) is 3.40. The van der Waals surface area contributed by atoms with Gasteiger partial charge in [-0.15, -0.1) is 0 Å². The zero-order valence-corrected chi connectivity index (χ0v) is 13.9. The lowest BCUT2D eigenvalue weighted by molar-refractivity contribution is 0.188. The highest BCUT2D eigenvalue weighted by Gasteiger charge is 2.29. The average molecular weight is 331 g/mol. The first-order valence-corrected chi connectivity index (χ1v) is 8.06. The quantitative estimate of drug-likeness (QED) is 0.854. The topological polar surface area (TPSA) is 41.6 Å². The van der Waals surface area contributed by atoms with Crippen LogP contribution in [0.2, 0.25) is 5.02 Å². The number of urea groups is 1. The van der Waals surface area contributed by atoms with Gasteiger partial charge in [-0.25, -0.2) is 4.79 Å². The monoisotopic (exact) mass is 330 g/mol. The molecule has 3 rings (SSSR count). The standard InChI is InChI=1S/C18H19ClN2O2/c1-3-13-11-21(16-10-12(2)8-9-17(16)23-13)18(22)20-15-7-5-4-6-14(15)19/h4-10,13H,3,11H2,1-2H3,(H,20,22)/t13-/m0/s1. The van der Waals surface area contributed by atoms with Crippen molar-refractivity contribution >= 4 is 29.0 Å². The summed E-state index contributed by atoms with van der Waals surface area (Å²) >= 11 is 6.13. The molecule has 23 heavy (non-hydrogen) atoms. The molecule has 0 fully saturated rings. The Balaban J connectivity index is 1.90. The summed E-state index contributed by atoms with van der Waals surface area (Å²) in [4.78, 5) is 14.5. The van der Waals surface area contributed by atoms with Crippen LogP contribution in [0.25, 0.3) is 0 Å². The molecule has 1 aliphatic heterocycles. The number of anilines is 2. The van der Waals surface area contributed by atoms with Crippen LogP contribution in [-0.2, 0) is 0 Å². The van der Waals surface area contributed by atoms with Crippen molar-refractivity contribution in [3.8, 4) is 5.75 Å². The predicted octanol–water partition coefficient (Wildman–Crippen LogP) is 4.86. The molecule has 0 bridgehead atoms. The fourth-order valence-electron chi connectivity index (χ4n) is 2.61. The van der Waals surface area contributed by atoms with Crippen molar-refractivity contribution in [1.82, 2.24) is 0 Å². The Bertz CT molecular complexity index is 733. The first kappa shape index (κ1) is 15.7. The molecule has 0 aromatic heterocycles. The van der Waals surface area contributed by atoms with E-state index in [1.807, 2.05) is 44.2 Å². The Hall–Kier alpha value is -2.20. The number of ether oxygens (including phenoxy) is 1. The summed E-state index contributed by atoms with van der Waals surface area (Å²) in [6, 6.07) is 12.9. The number of aryl methyl sites for hydroxylation is 1. The molecule has 1 atom stereocenters. The molecule has 2 aromatic carbocycles. The number of rotatable bonds is 2. The maximum absolute atomic E-state index is 12.8. The largest absolute Gasteiger partial charge is 0.486 e. The summed E-state index contributed by atoms with van der Waals surface area (Å²) < 4.78 is 5.94. The Labute approximate surface area is 141 Å². The molecule has 0 aliphatic carbocycles. The molecule has 0 saturated heterocycles. The lowest BCUT2D eigenvalue weighted by Crippen LogP contribution is -2.45. The summed E-state index contributed by atoms with van der Waals surface area (Å²) in [5.74, 6) is 0.739. The Morgan fingerprint density at radius 1 is 1.35 bits per heavy atom. The summed E-state index contributed by atoms with van der Waals surface area (Å²) in [5.41, 5.74) is 2.48. The second kappa shape index (κ2) is 6.50. The fraction of sp³-hybridized carbons (Fsp3) is 0.278. The predicted molar refractivity (Wildman–Crippen MR) is 93.7 cm³/mol. The van der Waals surface area contributed by atoms with Crippen LogP contribution in [0.4, 0.5) is 16.2 Å². The van der Waals surface area contributed by atoms with Gasteiger partial charge in [-0.1, -0.05) is 36.7 Å². The van der Waals surface area contributed by atoms with Crippen LogP contribution in [0.5, 0.6) is 5.75 Å². The Kier molecular flexibility index (Phi) is 4.44. The lowest BCUT2D eigenvalue weighted by atomic mass is 10.1. The average Bonchev–Trinajstić information content (AvgIpc) is 2.56. The van der Waals surface area contributed by atoms with E-state index in [1.165, 1.54) is 0 Å². The van der Waals surface area contributed by atoms with Gasteiger partial charge in [-0.3, -0.25) is 4.90 Å². The molecule has 1 heterocycles. The lowest BCUT2D eigenvalue weighted by Gasteiger charge is -2.34. The fourth-order valence-corrected chi connectivity index (χ4v) is 2.79. The van der Waals surface area contributed by atoms with Crippen molar-refractivity contribution in [1.29, 1.82) is 0 Å². The maximum Gasteiger partial charge on any atom is 0.326 e. The van der Waals surface area contributed by atoms with Gasteiger partial charge in [-0.2, -0.15) is 0 Å². The molecule has 0 saturated carbocycles. The van der Waals surface area contributed by atoms with Crippen molar-refractivity contribution in [3.63, 3.8) is 0 Å². The molecule has 0 radical (unpaired) electrons. The van der Waals surface area contributed by atoms with Crippen LogP contribution in [0.1, 0.15) is 18.9 Å². The third kappa shape index (κ3) is 3.27. The molecule has 4 nitrogen and oxygen atoms in total. The number of fused-ring (bicyclic) bond motifs is 1. The minimum atomic E-state index is -0.202. The Morgan fingerprint density at radius 2 is 2.13 bits per heavy atom. The highest BCUT2D eigenvalue weighted by atomic mass is 35.5. The number of carbonyl (C=O) groups excluding carboxylic acids is 1. The van der Waals surface area contributed by atoms with E-state index in [0.29, 0.717) is 17.3 Å². The Morgan fingerprint density at radius 3 is 2.87 bits per heavy atom. The second-order valence-corrected chi connectivity index (χ2v) is 6.05. The third-order valence-electron chi connectivity index (χ3n) is 3.90. The molecule has 5 heteroatoms. The number of benzene rings is 2. The SMILES string of the molecule is CC[C@H]1CN(C(=O)Nc2ccccc2Cl)c2cc(C)ccc2O1. The van der Waals surface area contributed by atoms with Crippen LogP contribution in [0.3, 0.4) is 0 Å². The van der Waals surface area contributed by atoms with Crippen molar-refractivity contribution in [2.75, 3.05) is 16.8 Å². The van der Waals surface area contributed by atoms with E-state index in [-0.39, 0.29) is 12.1 Å². The summed E-state index contributed by atoms with van der Waals surface area (Å²) in [6.07, 6.45) is 0.825. The highest BCUT2D eigenvalue weighted by Crippen LogP contribution is 2.35. The number of para-hydroxylation sites is 1. The number of nitrogens with zero attached hydrogens (tertiary/aromatic N) is 1. The van der Waals surface area contributed by atoms with Crippen LogP contribution < -0.4 is 15.0 Å². The minimum absolute atomic E-state index is 0.0119. The number of amides is 2. The van der Waals surface area contributed by atoms with E-state index in [1.54, 1.807) is 17.0 Å². The molecular weight excluding hydrogens is 312 g/mol. The van der Waals surface area contributed by atoms with E-state index in [2.05, 4.69) is 5.32 Å². The molecule has 0 spiro atoms. The molecule has 2 aromatic rings. The minimum Gasteiger partial charge on any atom is -0.486 e. The molecule has 0 unspecified atom stereocenters. The van der Waals surface area contributed by atoms with E-state index in [4.69, 9.17) is 16.3 Å². The van der Waals surface area contributed by atoms with Gasteiger partial charge < -0.3 is 10.1 Å². The normalized spacial score (nSPS) is 16.5. The van der Waals surface area contributed by atoms with E-state index in [0.717, 1.165) is 23.4 Å². The number of nitrogens with one attached hydrogen (secondary N) is 1. The zero-order chi connectivity index (χ0) is 16.4. The molecule has 1 N–H and O–H groups in total. The first-order chi connectivity index (χ1) is 11.1.